The predicted molar refractivity (Wildman–Crippen MR) is 104 cm³/mol. The molecule has 0 fully saturated rings. The van der Waals surface area contributed by atoms with E-state index in [0.717, 1.165) is 16.8 Å². The van der Waals surface area contributed by atoms with Gasteiger partial charge in [-0.1, -0.05) is 12.1 Å². The minimum Gasteiger partial charge on any atom is -0.497 e. The lowest BCUT2D eigenvalue weighted by Gasteiger charge is -2.13. The van der Waals surface area contributed by atoms with E-state index < -0.39 is 29.3 Å². The van der Waals surface area contributed by atoms with Crippen molar-refractivity contribution < 1.29 is 27.1 Å². The number of aromatic nitrogens is 2. The lowest BCUT2D eigenvalue weighted by atomic mass is 10.0. The normalized spacial score (nSPS) is 11.3. The van der Waals surface area contributed by atoms with Crippen LogP contribution >= 0.6 is 0 Å². The molecule has 0 radical (unpaired) electrons. The summed E-state index contributed by atoms with van der Waals surface area (Å²) >= 11 is 0. The number of rotatable bonds is 5. The zero-order valence-corrected chi connectivity index (χ0v) is 16.3. The molecule has 0 atom stereocenters. The summed E-state index contributed by atoms with van der Waals surface area (Å²) in [5.41, 5.74) is -0.451. The highest BCUT2D eigenvalue weighted by molar-refractivity contribution is 6.02. The number of alkyl halides is 2. The summed E-state index contributed by atoms with van der Waals surface area (Å²) in [7, 11) is 2.85. The Labute approximate surface area is 169 Å². The molecule has 0 saturated carbocycles. The quantitative estimate of drug-likeness (QED) is 0.560. The molecule has 0 unspecified atom stereocenters. The zero-order chi connectivity index (χ0) is 22.1. The Kier molecular flexibility index (Phi) is 5.68. The second-order valence-corrected chi connectivity index (χ2v) is 6.52. The first-order valence-corrected chi connectivity index (χ1v) is 8.73. The summed E-state index contributed by atoms with van der Waals surface area (Å²) in [5.74, 6) is -4.59. The molecule has 0 bridgehead atoms. The van der Waals surface area contributed by atoms with E-state index in [4.69, 9.17) is 4.74 Å². The average Bonchev–Trinajstić information content (AvgIpc) is 3.01. The van der Waals surface area contributed by atoms with Crippen molar-refractivity contribution >= 4 is 17.5 Å². The average molecular weight is 422 g/mol. The molecular formula is C20H18F4N4O2. The Hall–Kier alpha value is -3.56. The largest absolute Gasteiger partial charge is 0.497 e. The van der Waals surface area contributed by atoms with E-state index in [1.54, 1.807) is 24.3 Å². The second-order valence-electron chi connectivity index (χ2n) is 6.52. The number of hydrogen-bond acceptors (Lipinski definition) is 3. The number of halogens is 4. The van der Waals surface area contributed by atoms with E-state index in [-0.39, 0.29) is 17.1 Å². The molecule has 30 heavy (non-hydrogen) atoms. The maximum atomic E-state index is 14.2. The van der Waals surface area contributed by atoms with Crippen molar-refractivity contribution in [3.63, 3.8) is 0 Å². The van der Waals surface area contributed by atoms with Crippen LogP contribution in [0.15, 0.2) is 42.5 Å². The van der Waals surface area contributed by atoms with Gasteiger partial charge in [-0.3, -0.25) is 10.00 Å². The van der Waals surface area contributed by atoms with Gasteiger partial charge < -0.3 is 10.1 Å². The Bertz CT molecular complexity index is 1080. The summed E-state index contributed by atoms with van der Waals surface area (Å²) in [5, 5.41) is 8.49. The van der Waals surface area contributed by atoms with Crippen LogP contribution in [0.25, 0.3) is 11.1 Å². The number of aryl methyl sites for hydroxylation is 1. The maximum Gasteiger partial charge on any atom is 0.324 e. The Morgan fingerprint density at radius 1 is 1.10 bits per heavy atom. The van der Waals surface area contributed by atoms with Gasteiger partial charge in [0.15, 0.2) is 0 Å². The first-order valence-electron chi connectivity index (χ1n) is 8.73. The molecular weight excluding hydrogens is 404 g/mol. The van der Waals surface area contributed by atoms with E-state index in [1.807, 2.05) is 0 Å². The fourth-order valence-corrected chi connectivity index (χ4v) is 2.86. The smallest absolute Gasteiger partial charge is 0.324 e. The fraction of sp³-hybridized carbons (Fsp3) is 0.200. The first kappa shape index (κ1) is 21.2. The van der Waals surface area contributed by atoms with Crippen molar-refractivity contribution in [1.82, 2.24) is 9.78 Å². The molecule has 6 nitrogen and oxygen atoms in total. The van der Waals surface area contributed by atoms with Crippen molar-refractivity contribution in [3.8, 4) is 16.9 Å². The summed E-state index contributed by atoms with van der Waals surface area (Å²) in [6.45, 7) is 0.695. The number of methoxy groups -OCH3 is 1. The van der Waals surface area contributed by atoms with Crippen molar-refractivity contribution in [3.05, 3.63) is 59.8 Å². The van der Waals surface area contributed by atoms with Gasteiger partial charge in [0.2, 0.25) is 0 Å². The number of carbonyl (C=O) groups excluding carboxylic acids is 1. The fourth-order valence-electron chi connectivity index (χ4n) is 2.86. The number of anilines is 2. The van der Waals surface area contributed by atoms with Gasteiger partial charge in [-0.25, -0.2) is 13.6 Å². The standard InChI is InChI=1S/C20H18F4N4O2/c1-20(23,24)17-16(11-4-7-13(30-3)8-5-11)18(28(2)27-17)26-19(29)25-15-9-6-12(21)10-14(15)22/h4-10H,1-3H3,(H2,25,26,29). The molecule has 2 aromatic carbocycles. The van der Waals surface area contributed by atoms with Gasteiger partial charge in [-0.2, -0.15) is 13.9 Å². The molecule has 0 spiro atoms. The van der Waals surface area contributed by atoms with E-state index in [1.165, 1.54) is 14.2 Å². The van der Waals surface area contributed by atoms with Crippen LogP contribution < -0.4 is 15.4 Å². The molecule has 3 rings (SSSR count). The molecule has 0 aliphatic rings. The first-order chi connectivity index (χ1) is 14.1. The summed E-state index contributed by atoms with van der Waals surface area (Å²) in [4.78, 5) is 12.4. The van der Waals surface area contributed by atoms with Crippen LogP contribution in [0.5, 0.6) is 5.75 Å². The van der Waals surface area contributed by atoms with Gasteiger partial charge in [0.1, 0.15) is 28.9 Å². The number of nitrogens with one attached hydrogen (secondary N) is 2. The van der Waals surface area contributed by atoms with Crippen LogP contribution in [-0.2, 0) is 13.0 Å². The van der Waals surface area contributed by atoms with E-state index in [2.05, 4.69) is 15.7 Å². The Balaban J connectivity index is 1.99. The van der Waals surface area contributed by atoms with Crippen molar-refractivity contribution in [2.24, 2.45) is 7.05 Å². The van der Waals surface area contributed by atoms with Crippen LogP contribution in [0.1, 0.15) is 12.6 Å². The second kappa shape index (κ2) is 8.05. The van der Waals surface area contributed by atoms with E-state index in [0.29, 0.717) is 24.3 Å². The molecule has 3 aromatic rings. The van der Waals surface area contributed by atoms with Gasteiger partial charge in [-0.05, 0) is 29.8 Å². The number of nitrogens with zero attached hydrogens (tertiary/aromatic N) is 2. The minimum absolute atomic E-state index is 0.00220. The molecule has 1 heterocycles. The van der Waals surface area contributed by atoms with Crippen LogP contribution in [0.3, 0.4) is 0 Å². The molecule has 2 amide bonds. The summed E-state index contributed by atoms with van der Waals surface area (Å²) in [6.07, 6.45) is 0. The highest BCUT2D eigenvalue weighted by Crippen LogP contribution is 2.40. The van der Waals surface area contributed by atoms with Gasteiger partial charge in [0.25, 0.3) is 5.92 Å². The lowest BCUT2D eigenvalue weighted by molar-refractivity contribution is 0.0128. The topological polar surface area (TPSA) is 68.2 Å². The third kappa shape index (κ3) is 4.37. The van der Waals surface area contributed by atoms with Gasteiger partial charge in [0.05, 0.1) is 18.4 Å². The molecule has 0 aliphatic heterocycles. The number of benzene rings is 2. The molecule has 0 saturated heterocycles. The zero-order valence-electron chi connectivity index (χ0n) is 16.3. The monoisotopic (exact) mass is 422 g/mol. The Morgan fingerprint density at radius 3 is 2.33 bits per heavy atom. The van der Waals surface area contributed by atoms with Crippen molar-refractivity contribution in [2.75, 3.05) is 17.7 Å². The highest BCUT2D eigenvalue weighted by atomic mass is 19.3. The third-order valence-corrected chi connectivity index (χ3v) is 4.25. The number of ether oxygens (including phenoxy) is 1. The van der Waals surface area contributed by atoms with E-state index in [9.17, 15) is 22.4 Å². The molecule has 2 N–H and O–H groups in total. The Morgan fingerprint density at radius 2 is 1.77 bits per heavy atom. The number of hydrogen-bond donors (Lipinski definition) is 2. The molecule has 1 aromatic heterocycles. The lowest BCUT2D eigenvalue weighted by Crippen LogP contribution is -2.22. The maximum absolute atomic E-state index is 14.2. The van der Waals surface area contributed by atoms with Crippen LogP contribution in [-0.4, -0.2) is 22.9 Å². The predicted octanol–water partition coefficient (Wildman–Crippen LogP) is 5.13. The van der Waals surface area contributed by atoms with Crippen LogP contribution in [0, 0.1) is 11.6 Å². The minimum atomic E-state index is -3.30. The van der Waals surface area contributed by atoms with Crippen LogP contribution in [0.2, 0.25) is 0 Å². The number of amides is 2. The van der Waals surface area contributed by atoms with Crippen molar-refractivity contribution in [1.29, 1.82) is 0 Å². The molecule has 0 aliphatic carbocycles. The summed E-state index contributed by atoms with van der Waals surface area (Å²) in [6, 6.07) is 7.98. The molecule has 158 valence electrons. The van der Waals surface area contributed by atoms with Gasteiger partial charge >= 0.3 is 6.03 Å². The highest BCUT2D eigenvalue weighted by Gasteiger charge is 2.35. The number of urea groups is 1. The molecule has 10 heteroatoms. The van der Waals surface area contributed by atoms with E-state index >= 15 is 0 Å². The van der Waals surface area contributed by atoms with Gasteiger partial charge in [-0.15, -0.1) is 0 Å². The number of carbonyl (C=O) groups is 1. The summed E-state index contributed by atoms with van der Waals surface area (Å²) < 4.78 is 61.4. The SMILES string of the molecule is COc1ccc(-c2c(C(C)(F)F)nn(C)c2NC(=O)Nc2ccc(F)cc2F)cc1. The van der Waals surface area contributed by atoms with Gasteiger partial charge in [0, 0.05) is 20.0 Å². The van der Waals surface area contributed by atoms with Crippen molar-refractivity contribution in [2.45, 2.75) is 12.8 Å². The third-order valence-electron chi connectivity index (χ3n) is 4.25. The van der Waals surface area contributed by atoms with Crippen LogP contribution in [0.4, 0.5) is 33.9 Å².